The summed E-state index contributed by atoms with van der Waals surface area (Å²) < 4.78 is 0. The third-order valence-corrected chi connectivity index (χ3v) is 2.77. The molecule has 5 heteroatoms. The van der Waals surface area contributed by atoms with E-state index in [0.29, 0.717) is 0 Å². The lowest BCUT2D eigenvalue weighted by Crippen LogP contribution is -2.25. The molecule has 0 amide bonds. The molecule has 0 spiro atoms. The van der Waals surface area contributed by atoms with Gasteiger partial charge in [-0.1, -0.05) is 0 Å². The minimum atomic E-state index is 0.219. The Hall–Kier alpha value is -0.810. The summed E-state index contributed by atoms with van der Waals surface area (Å²) in [6.45, 7) is 4.03. The van der Waals surface area contributed by atoms with E-state index in [1.807, 2.05) is 12.3 Å². The van der Waals surface area contributed by atoms with Crippen LogP contribution in [0.4, 0.5) is 5.82 Å². The second-order valence-corrected chi connectivity index (χ2v) is 3.90. The van der Waals surface area contributed by atoms with Crippen molar-refractivity contribution < 1.29 is 5.11 Å². The second kappa shape index (κ2) is 6.63. The van der Waals surface area contributed by atoms with E-state index in [2.05, 4.69) is 21.8 Å². The Kier molecular flexibility index (Phi) is 5.42. The Morgan fingerprint density at radius 2 is 2.27 bits per heavy atom. The van der Waals surface area contributed by atoms with Gasteiger partial charge in [-0.25, -0.2) is 9.97 Å². The maximum absolute atomic E-state index is 8.79. The van der Waals surface area contributed by atoms with Crippen molar-refractivity contribution in [3.05, 3.63) is 12.4 Å². The molecule has 0 saturated heterocycles. The quantitative estimate of drug-likeness (QED) is 0.588. The summed E-state index contributed by atoms with van der Waals surface area (Å²) >= 11 is 1.61. The van der Waals surface area contributed by atoms with Crippen molar-refractivity contribution >= 4 is 17.6 Å². The molecule has 1 aromatic heterocycles. The van der Waals surface area contributed by atoms with Crippen LogP contribution in [0.5, 0.6) is 0 Å². The molecule has 1 heterocycles. The number of hydrogen-bond donors (Lipinski definition) is 1. The minimum absolute atomic E-state index is 0.219. The lowest BCUT2D eigenvalue weighted by Gasteiger charge is -2.21. The van der Waals surface area contributed by atoms with Crippen LogP contribution in [-0.2, 0) is 0 Å². The van der Waals surface area contributed by atoms with E-state index in [1.54, 1.807) is 18.1 Å². The van der Waals surface area contributed by atoms with E-state index < -0.39 is 0 Å². The molecule has 0 aliphatic heterocycles. The average Bonchev–Trinajstić information content (AvgIpc) is 2.30. The monoisotopic (exact) mass is 227 g/mol. The smallest absolute Gasteiger partial charge is 0.133 e. The first-order valence-electron chi connectivity index (χ1n) is 5.03. The number of rotatable bonds is 6. The molecule has 1 N–H and O–H groups in total. The fourth-order valence-electron chi connectivity index (χ4n) is 1.31. The van der Waals surface area contributed by atoms with Crippen molar-refractivity contribution in [2.45, 2.75) is 18.4 Å². The Labute approximate surface area is 94.7 Å². The predicted octanol–water partition coefficient (Wildman–Crippen LogP) is 1.41. The molecule has 1 aromatic rings. The maximum Gasteiger partial charge on any atom is 0.133 e. The van der Waals surface area contributed by atoms with Crippen molar-refractivity contribution in [3.8, 4) is 0 Å². The van der Waals surface area contributed by atoms with E-state index in [-0.39, 0.29) is 6.61 Å². The van der Waals surface area contributed by atoms with E-state index in [0.717, 1.165) is 30.4 Å². The molecule has 0 bridgehead atoms. The van der Waals surface area contributed by atoms with E-state index >= 15 is 0 Å². The lowest BCUT2D eigenvalue weighted by molar-refractivity contribution is 0.289. The molecule has 0 aliphatic carbocycles. The number of hydrogen-bond acceptors (Lipinski definition) is 5. The molecule has 0 aliphatic rings. The van der Waals surface area contributed by atoms with Gasteiger partial charge in [0.15, 0.2) is 0 Å². The SMILES string of the molecule is CCN(CCCO)c1cc(SC)ncn1. The molecule has 4 nitrogen and oxygen atoms in total. The van der Waals surface area contributed by atoms with Gasteiger partial charge in [0.25, 0.3) is 0 Å². The van der Waals surface area contributed by atoms with Gasteiger partial charge in [0, 0.05) is 25.8 Å². The van der Waals surface area contributed by atoms with Gasteiger partial charge in [-0.15, -0.1) is 11.8 Å². The number of nitrogens with zero attached hydrogens (tertiary/aromatic N) is 3. The van der Waals surface area contributed by atoms with Crippen LogP contribution in [0.3, 0.4) is 0 Å². The predicted molar refractivity (Wildman–Crippen MR) is 63.4 cm³/mol. The standard InChI is InChI=1S/C10H17N3OS/c1-3-13(5-4-6-14)9-7-10(15-2)12-8-11-9/h7-8,14H,3-6H2,1-2H3. The van der Waals surface area contributed by atoms with Crippen LogP contribution >= 0.6 is 11.8 Å². The highest BCUT2D eigenvalue weighted by Crippen LogP contribution is 2.17. The normalized spacial score (nSPS) is 10.3. The molecule has 0 aromatic carbocycles. The zero-order valence-electron chi connectivity index (χ0n) is 9.18. The van der Waals surface area contributed by atoms with Gasteiger partial charge in [-0.2, -0.15) is 0 Å². The van der Waals surface area contributed by atoms with Gasteiger partial charge in [-0.05, 0) is 19.6 Å². The molecule has 0 unspecified atom stereocenters. The van der Waals surface area contributed by atoms with Crippen LogP contribution < -0.4 is 4.90 Å². The molecular formula is C10H17N3OS. The molecule has 0 atom stereocenters. The van der Waals surface area contributed by atoms with Crippen molar-refractivity contribution in [1.82, 2.24) is 9.97 Å². The summed E-state index contributed by atoms with van der Waals surface area (Å²) in [7, 11) is 0. The van der Waals surface area contributed by atoms with Gasteiger partial charge >= 0.3 is 0 Å². The van der Waals surface area contributed by atoms with Crippen molar-refractivity contribution in [2.75, 3.05) is 30.9 Å². The Morgan fingerprint density at radius 3 is 2.87 bits per heavy atom. The Bertz CT molecular complexity index is 296. The first kappa shape index (κ1) is 12.3. The first-order chi connectivity index (χ1) is 7.31. The number of aliphatic hydroxyl groups excluding tert-OH is 1. The van der Waals surface area contributed by atoms with E-state index in [1.165, 1.54) is 0 Å². The highest BCUT2D eigenvalue weighted by Gasteiger charge is 2.06. The Balaban J connectivity index is 2.72. The highest BCUT2D eigenvalue weighted by atomic mass is 32.2. The highest BCUT2D eigenvalue weighted by molar-refractivity contribution is 7.98. The van der Waals surface area contributed by atoms with Gasteiger partial charge in [-0.3, -0.25) is 0 Å². The van der Waals surface area contributed by atoms with Crippen LogP contribution in [0.15, 0.2) is 17.4 Å². The van der Waals surface area contributed by atoms with Crippen molar-refractivity contribution in [1.29, 1.82) is 0 Å². The average molecular weight is 227 g/mol. The topological polar surface area (TPSA) is 49.2 Å². The molecule has 0 saturated carbocycles. The molecular weight excluding hydrogens is 210 g/mol. The summed E-state index contributed by atoms with van der Waals surface area (Å²) in [4.78, 5) is 10.5. The number of thioether (sulfide) groups is 1. The minimum Gasteiger partial charge on any atom is -0.396 e. The zero-order chi connectivity index (χ0) is 11.1. The van der Waals surface area contributed by atoms with Crippen molar-refractivity contribution in [3.63, 3.8) is 0 Å². The van der Waals surface area contributed by atoms with E-state index in [9.17, 15) is 0 Å². The van der Waals surface area contributed by atoms with Crippen LogP contribution in [-0.4, -0.2) is 41.0 Å². The molecule has 84 valence electrons. The van der Waals surface area contributed by atoms with Crippen LogP contribution in [0.1, 0.15) is 13.3 Å². The van der Waals surface area contributed by atoms with Gasteiger partial charge in [0.1, 0.15) is 17.2 Å². The molecule has 0 fully saturated rings. The largest absolute Gasteiger partial charge is 0.396 e. The van der Waals surface area contributed by atoms with Crippen LogP contribution in [0.25, 0.3) is 0 Å². The number of aliphatic hydroxyl groups is 1. The lowest BCUT2D eigenvalue weighted by atomic mass is 10.4. The van der Waals surface area contributed by atoms with E-state index in [4.69, 9.17) is 5.11 Å². The van der Waals surface area contributed by atoms with Gasteiger partial charge in [0.05, 0.1) is 0 Å². The fourth-order valence-corrected chi connectivity index (χ4v) is 1.69. The van der Waals surface area contributed by atoms with Crippen LogP contribution in [0, 0.1) is 0 Å². The first-order valence-corrected chi connectivity index (χ1v) is 6.26. The number of anilines is 1. The summed E-state index contributed by atoms with van der Waals surface area (Å²) in [5.41, 5.74) is 0. The third-order valence-electron chi connectivity index (χ3n) is 2.13. The molecule has 0 radical (unpaired) electrons. The summed E-state index contributed by atoms with van der Waals surface area (Å²) in [6.07, 6.45) is 4.35. The Morgan fingerprint density at radius 1 is 1.47 bits per heavy atom. The zero-order valence-corrected chi connectivity index (χ0v) is 10.00. The molecule has 15 heavy (non-hydrogen) atoms. The fraction of sp³-hybridized carbons (Fsp3) is 0.600. The van der Waals surface area contributed by atoms with Gasteiger partial charge in [0.2, 0.25) is 0 Å². The second-order valence-electron chi connectivity index (χ2n) is 3.08. The third kappa shape index (κ3) is 3.68. The summed E-state index contributed by atoms with van der Waals surface area (Å²) in [5.74, 6) is 0.935. The molecule has 1 rings (SSSR count). The summed E-state index contributed by atoms with van der Waals surface area (Å²) in [6, 6.07) is 1.98. The number of aromatic nitrogens is 2. The summed E-state index contributed by atoms with van der Waals surface area (Å²) in [5, 5.41) is 9.77. The van der Waals surface area contributed by atoms with Crippen LogP contribution in [0.2, 0.25) is 0 Å². The maximum atomic E-state index is 8.79. The van der Waals surface area contributed by atoms with Gasteiger partial charge < -0.3 is 10.0 Å². The van der Waals surface area contributed by atoms with Crippen molar-refractivity contribution in [2.24, 2.45) is 0 Å².